The molecule has 0 unspecified atom stereocenters. The van der Waals surface area contributed by atoms with Crippen LogP contribution in [0.15, 0.2) is 48.7 Å². The summed E-state index contributed by atoms with van der Waals surface area (Å²) in [5.74, 6) is 3.04. The Balaban J connectivity index is 1.18. The number of para-hydroxylation sites is 2. The number of imidazole rings is 1. The average molecular weight is 503 g/mol. The first-order chi connectivity index (χ1) is 17.4. The number of anilines is 2. The predicted molar refractivity (Wildman–Crippen MR) is 146 cm³/mol. The van der Waals surface area contributed by atoms with E-state index in [2.05, 4.69) is 40.8 Å². The van der Waals surface area contributed by atoms with Crippen LogP contribution in [0.1, 0.15) is 43.1 Å². The normalized spacial score (nSPS) is 14.6. The summed E-state index contributed by atoms with van der Waals surface area (Å²) in [4.78, 5) is 30.5. The Bertz CT molecular complexity index is 1330. The Hall–Kier alpha value is -3.26. The van der Waals surface area contributed by atoms with E-state index >= 15 is 0 Å². The van der Waals surface area contributed by atoms with Crippen molar-refractivity contribution in [3.8, 4) is 0 Å². The van der Waals surface area contributed by atoms with Crippen molar-refractivity contribution in [2.24, 2.45) is 11.8 Å². The number of fused-ring (bicyclic) bond motifs is 1. The molecule has 4 heterocycles. The Labute approximate surface area is 216 Å². The van der Waals surface area contributed by atoms with Gasteiger partial charge in [-0.3, -0.25) is 4.79 Å². The lowest BCUT2D eigenvalue weighted by molar-refractivity contribution is -0.133. The van der Waals surface area contributed by atoms with Crippen molar-refractivity contribution in [1.29, 1.82) is 0 Å². The summed E-state index contributed by atoms with van der Waals surface area (Å²) < 4.78 is 2.12. The first-order valence-corrected chi connectivity index (χ1v) is 13.6. The van der Waals surface area contributed by atoms with Gasteiger partial charge in [-0.25, -0.2) is 15.0 Å². The van der Waals surface area contributed by atoms with E-state index in [9.17, 15) is 4.79 Å². The van der Waals surface area contributed by atoms with Crippen LogP contribution < -0.4 is 5.32 Å². The van der Waals surface area contributed by atoms with Crippen molar-refractivity contribution in [2.75, 3.05) is 18.4 Å². The molecule has 1 aliphatic heterocycles. The molecule has 0 saturated carbocycles. The van der Waals surface area contributed by atoms with Crippen molar-refractivity contribution >= 4 is 39.2 Å². The molecule has 0 atom stereocenters. The highest BCUT2D eigenvalue weighted by Gasteiger charge is 2.25. The Morgan fingerprint density at radius 1 is 1.11 bits per heavy atom. The maximum absolute atomic E-state index is 13.3. The number of thiazole rings is 1. The predicted octanol–water partition coefficient (Wildman–Crippen LogP) is 5.62. The van der Waals surface area contributed by atoms with Crippen molar-refractivity contribution < 1.29 is 4.79 Å². The zero-order valence-electron chi connectivity index (χ0n) is 21.3. The van der Waals surface area contributed by atoms with Crippen LogP contribution >= 0.6 is 11.3 Å². The molecule has 1 N–H and O–H groups in total. The number of pyridine rings is 1. The van der Waals surface area contributed by atoms with Gasteiger partial charge in [0, 0.05) is 36.3 Å². The second kappa shape index (κ2) is 10.8. The van der Waals surface area contributed by atoms with E-state index in [1.54, 1.807) is 11.3 Å². The number of amides is 1. The summed E-state index contributed by atoms with van der Waals surface area (Å²) in [5.41, 5.74) is 3.10. The molecule has 1 saturated heterocycles. The molecule has 1 fully saturated rings. The maximum Gasteiger partial charge on any atom is 0.242 e. The van der Waals surface area contributed by atoms with Gasteiger partial charge < -0.3 is 14.8 Å². The van der Waals surface area contributed by atoms with Gasteiger partial charge in [-0.2, -0.15) is 0 Å². The lowest BCUT2D eigenvalue weighted by atomic mass is 9.92. The molecular formula is C28H34N6OS. The van der Waals surface area contributed by atoms with Crippen LogP contribution in [0.5, 0.6) is 0 Å². The maximum atomic E-state index is 13.3. The van der Waals surface area contributed by atoms with Crippen LogP contribution in [0.4, 0.5) is 10.9 Å². The summed E-state index contributed by atoms with van der Waals surface area (Å²) in [5, 5.41) is 4.18. The van der Waals surface area contributed by atoms with Gasteiger partial charge in [0.25, 0.3) is 0 Å². The molecule has 4 aromatic rings. The molecule has 8 heteroatoms. The molecule has 36 heavy (non-hydrogen) atoms. The molecule has 7 nitrogen and oxygen atoms in total. The zero-order valence-corrected chi connectivity index (χ0v) is 22.1. The SMILES string of the molecule is Cc1cnc(Nc2cccc(CC3CCN(C(=O)Cn4c(CC(C)C)nc5ccccc54)CC3)n2)s1. The highest BCUT2D eigenvalue weighted by Crippen LogP contribution is 2.25. The summed E-state index contributed by atoms with van der Waals surface area (Å²) in [7, 11) is 0. The van der Waals surface area contributed by atoms with E-state index < -0.39 is 0 Å². The first kappa shape index (κ1) is 24.4. The number of hydrogen-bond donors (Lipinski definition) is 1. The lowest BCUT2D eigenvalue weighted by Crippen LogP contribution is -2.40. The lowest BCUT2D eigenvalue weighted by Gasteiger charge is -2.32. The van der Waals surface area contributed by atoms with Crippen molar-refractivity contribution in [1.82, 2.24) is 24.4 Å². The molecule has 3 aromatic heterocycles. The van der Waals surface area contributed by atoms with Gasteiger partial charge in [0.1, 0.15) is 18.2 Å². The number of rotatable bonds is 8. The third-order valence-electron chi connectivity index (χ3n) is 6.75. The Morgan fingerprint density at radius 2 is 1.92 bits per heavy atom. The number of benzene rings is 1. The van der Waals surface area contributed by atoms with Gasteiger partial charge >= 0.3 is 0 Å². The minimum absolute atomic E-state index is 0.185. The molecular weight excluding hydrogens is 468 g/mol. The number of aromatic nitrogens is 4. The molecule has 0 aliphatic carbocycles. The third-order valence-corrected chi connectivity index (χ3v) is 7.57. The largest absolute Gasteiger partial charge is 0.341 e. The summed E-state index contributed by atoms with van der Waals surface area (Å²) in [6.07, 6.45) is 5.67. The number of nitrogens with one attached hydrogen (secondary N) is 1. The van der Waals surface area contributed by atoms with Crippen LogP contribution in [0, 0.1) is 18.8 Å². The molecule has 0 bridgehead atoms. The monoisotopic (exact) mass is 502 g/mol. The quantitative estimate of drug-likeness (QED) is 0.338. The van der Waals surface area contributed by atoms with E-state index in [0.717, 1.165) is 72.3 Å². The third kappa shape index (κ3) is 5.75. The van der Waals surface area contributed by atoms with Crippen molar-refractivity contribution in [3.05, 3.63) is 65.1 Å². The van der Waals surface area contributed by atoms with Crippen LogP contribution in [-0.2, 0) is 24.2 Å². The number of carbonyl (C=O) groups is 1. The van der Waals surface area contributed by atoms with E-state index in [1.165, 1.54) is 4.88 Å². The second-order valence-electron chi connectivity index (χ2n) is 10.1. The highest BCUT2D eigenvalue weighted by atomic mass is 32.1. The molecule has 0 spiro atoms. The molecule has 188 valence electrons. The first-order valence-electron chi connectivity index (χ1n) is 12.8. The fourth-order valence-corrected chi connectivity index (χ4v) is 5.60. The summed E-state index contributed by atoms with van der Waals surface area (Å²) in [6, 6.07) is 14.2. The molecule has 0 radical (unpaired) electrons. The van der Waals surface area contributed by atoms with Crippen LogP contribution in [0.3, 0.4) is 0 Å². The fourth-order valence-electron chi connectivity index (χ4n) is 4.93. The minimum Gasteiger partial charge on any atom is -0.341 e. The van der Waals surface area contributed by atoms with Crippen LogP contribution in [-0.4, -0.2) is 43.4 Å². The summed E-state index contributed by atoms with van der Waals surface area (Å²) >= 11 is 1.63. The molecule has 1 aliphatic rings. The van der Waals surface area contributed by atoms with Gasteiger partial charge in [-0.05, 0) is 62.3 Å². The molecule has 1 amide bonds. The number of nitrogens with zero attached hydrogens (tertiary/aromatic N) is 5. The minimum atomic E-state index is 0.185. The number of carbonyl (C=O) groups excluding carboxylic acids is 1. The van der Waals surface area contributed by atoms with Gasteiger partial charge in [0.05, 0.1) is 11.0 Å². The van der Waals surface area contributed by atoms with Crippen molar-refractivity contribution in [2.45, 2.75) is 53.0 Å². The molecule has 5 rings (SSSR count). The zero-order chi connectivity index (χ0) is 25.1. The van der Waals surface area contributed by atoms with Gasteiger partial charge in [0.15, 0.2) is 5.13 Å². The van der Waals surface area contributed by atoms with Gasteiger partial charge in [-0.1, -0.05) is 32.0 Å². The molecule has 1 aromatic carbocycles. The number of piperidine rings is 1. The average Bonchev–Trinajstić information content (AvgIpc) is 3.42. The van der Waals surface area contributed by atoms with Crippen LogP contribution in [0.25, 0.3) is 11.0 Å². The topological polar surface area (TPSA) is 75.9 Å². The smallest absolute Gasteiger partial charge is 0.242 e. The summed E-state index contributed by atoms with van der Waals surface area (Å²) in [6.45, 7) is 8.39. The number of hydrogen-bond acceptors (Lipinski definition) is 6. The fraction of sp³-hybridized carbons (Fsp3) is 0.429. The number of aryl methyl sites for hydroxylation is 1. The Morgan fingerprint density at radius 3 is 2.67 bits per heavy atom. The van der Waals surface area contributed by atoms with E-state index in [1.807, 2.05) is 48.4 Å². The van der Waals surface area contributed by atoms with E-state index in [4.69, 9.17) is 9.97 Å². The van der Waals surface area contributed by atoms with Crippen molar-refractivity contribution in [3.63, 3.8) is 0 Å². The Kier molecular flexibility index (Phi) is 7.32. The highest BCUT2D eigenvalue weighted by molar-refractivity contribution is 7.15. The van der Waals surface area contributed by atoms with E-state index in [0.29, 0.717) is 18.4 Å². The van der Waals surface area contributed by atoms with Gasteiger partial charge in [0.2, 0.25) is 5.91 Å². The standard InChI is InChI=1S/C28H34N6OS/c1-19(2)15-26-31-23-8-4-5-9-24(23)34(26)18-27(35)33-13-11-21(12-14-33)16-22-7-6-10-25(30-22)32-28-29-17-20(3)36-28/h4-10,17,19,21H,11-16,18H2,1-3H3,(H,29,30,32). The van der Waals surface area contributed by atoms with E-state index in [-0.39, 0.29) is 5.91 Å². The second-order valence-corrected chi connectivity index (χ2v) is 11.4. The van der Waals surface area contributed by atoms with Crippen LogP contribution in [0.2, 0.25) is 0 Å². The number of likely N-dealkylation sites (tertiary alicyclic amines) is 1. The van der Waals surface area contributed by atoms with Gasteiger partial charge in [-0.15, -0.1) is 11.3 Å².